The minimum absolute atomic E-state index is 0.0159. The molecule has 2 N–H and O–H groups in total. The molecule has 0 radical (unpaired) electrons. The number of amides is 3. The first-order chi connectivity index (χ1) is 21.2. The molecule has 44 heavy (non-hydrogen) atoms. The number of benzene rings is 1. The molecular weight excluding hydrogens is 564 g/mol. The van der Waals surface area contributed by atoms with E-state index in [0.29, 0.717) is 43.4 Å². The van der Waals surface area contributed by atoms with Crippen molar-refractivity contribution in [3.05, 3.63) is 23.8 Å². The molecule has 2 atom stereocenters. The van der Waals surface area contributed by atoms with E-state index < -0.39 is 5.54 Å². The summed E-state index contributed by atoms with van der Waals surface area (Å²) in [5.41, 5.74) is 0.0923. The molecule has 1 heterocycles. The molecule has 3 fully saturated rings. The van der Waals surface area contributed by atoms with E-state index in [-0.39, 0.29) is 48.4 Å². The number of ether oxygens (including phenoxy) is 4. The number of rotatable bonds is 16. The van der Waals surface area contributed by atoms with E-state index in [1.54, 1.807) is 32.4 Å². The highest BCUT2D eigenvalue weighted by atomic mass is 16.6. The van der Waals surface area contributed by atoms with Gasteiger partial charge in [-0.25, -0.2) is 4.79 Å². The lowest BCUT2D eigenvalue weighted by Crippen LogP contribution is -2.51. The first kappa shape index (κ1) is 33.8. The highest BCUT2D eigenvalue weighted by molar-refractivity contribution is 5.95. The average Bonchev–Trinajstić information content (AvgIpc) is 3.58. The van der Waals surface area contributed by atoms with Crippen molar-refractivity contribution in [2.75, 3.05) is 60.2 Å². The van der Waals surface area contributed by atoms with Crippen molar-refractivity contribution in [1.29, 1.82) is 0 Å². The highest BCUT2D eigenvalue weighted by Gasteiger charge is 2.41. The third-order valence-electron chi connectivity index (χ3n) is 9.08. The molecule has 2 saturated carbocycles. The molecule has 11 nitrogen and oxygen atoms in total. The van der Waals surface area contributed by atoms with E-state index >= 15 is 0 Å². The number of nitrogens with one attached hydrogen (secondary N) is 2. The molecule has 1 aliphatic heterocycles. The van der Waals surface area contributed by atoms with Gasteiger partial charge in [-0.2, -0.15) is 0 Å². The standard InChI is InChI=1S/C33H52N4O7/c1-23(2)36(31(39)25-9-12-29(42-5)30(17-25)43-16-8-15-41-4)20-26-18-34-19-27(26)21-37(28-10-11-28)32(40)44-22-33(35-24(3)38)13-6-7-14-33/h9,12,17,23,26-28,34H,6-8,10-11,13-16,18-22H2,1-5H3,(H,35,38)/t26-,27-/m0/s1. The van der Waals surface area contributed by atoms with Gasteiger partial charge in [-0.3, -0.25) is 9.59 Å². The fourth-order valence-corrected chi connectivity index (χ4v) is 6.49. The van der Waals surface area contributed by atoms with E-state index in [2.05, 4.69) is 10.6 Å². The summed E-state index contributed by atoms with van der Waals surface area (Å²) in [5.74, 6) is 1.33. The van der Waals surface area contributed by atoms with Crippen LogP contribution in [0, 0.1) is 11.8 Å². The van der Waals surface area contributed by atoms with Crippen molar-refractivity contribution in [1.82, 2.24) is 20.4 Å². The summed E-state index contributed by atoms with van der Waals surface area (Å²) in [6, 6.07) is 5.49. The Morgan fingerprint density at radius 3 is 2.34 bits per heavy atom. The Bertz CT molecular complexity index is 1120. The molecule has 246 valence electrons. The van der Waals surface area contributed by atoms with E-state index in [1.807, 2.05) is 23.6 Å². The first-order valence-electron chi connectivity index (χ1n) is 16.2. The summed E-state index contributed by atoms with van der Waals surface area (Å²) in [4.78, 5) is 42.9. The van der Waals surface area contributed by atoms with Gasteiger partial charge in [0.25, 0.3) is 5.91 Å². The molecule has 1 aromatic carbocycles. The zero-order valence-corrected chi connectivity index (χ0v) is 27.2. The third kappa shape index (κ3) is 9.00. The molecule has 0 unspecified atom stereocenters. The van der Waals surface area contributed by atoms with Gasteiger partial charge < -0.3 is 39.4 Å². The van der Waals surface area contributed by atoms with Crippen LogP contribution >= 0.6 is 0 Å². The second-order valence-electron chi connectivity index (χ2n) is 12.9. The van der Waals surface area contributed by atoms with Gasteiger partial charge in [0.15, 0.2) is 11.5 Å². The first-order valence-corrected chi connectivity index (χ1v) is 16.2. The quantitative estimate of drug-likeness (QED) is 0.269. The number of methoxy groups -OCH3 is 2. The van der Waals surface area contributed by atoms with Crippen molar-refractivity contribution in [3.63, 3.8) is 0 Å². The summed E-state index contributed by atoms with van der Waals surface area (Å²) in [6.07, 6.45) is 6.06. The van der Waals surface area contributed by atoms with Gasteiger partial charge in [0.05, 0.1) is 19.3 Å². The van der Waals surface area contributed by atoms with Gasteiger partial charge in [0.1, 0.15) is 6.61 Å². The van der Waals surface area contributed by atoms with Gasteiger partial charge in [0, 0.05) is 70.9 Å². The van der Waals surface area contributed by atoms with E-state index in [9.17, 15) is 14.4 Å². The predicted molar refractivity (Wildman–Crippen MR) is 167 cm³/mol. The monoisotopic (exact) mass is 616 g/mol. The number of hydrogen-bond acceptors (Lipinski definition) is 8. The summed E-state index contributed by atoms with van der Waals surface area (Å²) >= 11 is 0. The normalized spacial score (nSPS) is 20.8. The van der Waals surface area contributed by atoms with Gasteiger partial charge in [-0.05, 0) is 69.6 Å². The van der Waals surface area contributed by atoms with E-state index in [1.165, 1.54) is 6.92 Å². The second kappa shape index (κ2) is 15.8. The SMILES string of the molecule is COCCCOc1cc(C(=O)N(C[C@@H]2CNC[C@H]2CN(C(=O)OCC2(NC(C)=O)CCCC2)C2CC2)C(C)C)ccc1OC. The van der Waals surface area contributed by atoms with Crippen molar-refractivity contribution < 1.29 is 33.3 Å². The zero-order chi connectivity index (χ0) is 31.7. The molecule has 11 heteroatoms. The Morgan fingerprint density at radius 2 is 1.73 bits per heavy atom. The van der Waals surface area contributed by atoms with Crippen molar-refractivity contribution in [2.45, 2.75) is 83.3 Å². The largest absolute Gasteiger partial charge is 0.493 e. The van der Waals surface area contributed by atoms with Crippen LogP contribution in [0.4, 0.5) is 4.79 Å². The minimum Gasteiger partial charge on any atom is -0.493 e. The number of carbonyl (C=O) groups excluding carboxylic acids is 3. The lowest BCUT2D eigenvalue weighted by molar-refractivity contribution is -0.121. The van der Waals surface area contributed by atoms with Crippen LogP contribution in [0.3, 0.4) is 0 Å². The summed E-state index contributed by atoms with van der Waals surface area (Å²) in [7, 11) is 3.24. The Kier molecular flexibility index (Phi) is 12.1. The Balaban J connectivity index is 1.40. The van der Waals surface area contributed by atoms with Gasteiger partial charge >= 0.3 is 6.09 Å². The van der Waals surface area contributed by atoms with Crippen LogP contribution in [-0.2, 0) is 14.3 Å². The maximum atomic E-state index is 13.8. The Labute approximate surface area is 262 Å². The van der Waals surface area contributed by atoms with Crippen molar-refractivity contribution >= 4 is 17.9 Å². The maximum absolute atomic E-state index is 13.8. The highest BCUT2D eigenvalue weighted by Crippen LogP contribution is 2.34. The minimum atomic E-state index is -0.456. The molecule has 0 spiro atoms. The van der Waals surface area contributed by atoms with Gasteiger partial charge in [0.2, 0.25) is 5.91 Å². The van der Waals surface area contributed by atoms with Crippen molar-refractivity contribution in [3.8, 4) is 11.5 Å². The van der Waals surface area contributed by atoms with Crippen LogP contribution in [0.25, 0.3) is 0 Å². The Hall–Kier alpha value is -3.05. The smallest absolute Gasteiger partial charge is 0.410 e. The fraction of sp³-hybridized carbons (Fsp3) is 0.727. The second-order valence-corrected chi connectivity index (χ2v) is 12.9. The zero-order valence-electron chi connectivity index (χ0n) is 27.2. The lowest BCUT2D eigenvalue weighted by atomic mass is 9.94. The summed E-state index contributed by atoms with van der Waals surface area (Å²) in [6.45, 7) is 9.53. The Morgan fingerprint density at radius 1 is 1.02 bits per heavy atom. The molecule has 1 aromatic rings. The van der Waals surface area contributed by atoms with Gasteiger partial charge in [-0.1, -0.05) is 12.8 Å². The van der Waals surface area contributed by atoms with Crippen molar-refractivity contribution in [2.24, 2.45) is 11.8 Å². The van der Waals surface area contributed by atoms with E-state index in [0.717, 1.165) is 58.0 Å². The van der Waals surface area contributed by atoms with Crippen LogP contribution in [-0.4, -0.2) is 106 Å². The van der Waals surface area contributed by atoms with Crippen LogP contribution in [0.2, 0.25) is 0 Å². The van der Waals surface area contributed by atoms with Crippen LogP contribution in [0.5, 0.6) is 11.5 Å². The molecule has 0 aromatic heterocycles. The number of carbonyl (C=O) groups is 3. The maximum Gasteiger partial charge on any atom is 0.410 e. The molecular formula is C33H52N4O7. The molecule has 3 amide bonds. The van der Waals surface area contributed by atoms with Crippen LogP contribution in [0.15, 0.2) is 18.2 Å². The molecule has 2 aliphatic carbocycles. The van der Waals surface area contributed by atoms with Crippen LogP contribution in [0.1, 0.15) is 76.1 Å². The van der Waals surface area contributed by atoms with E-state index in [4.69, 9.17) is 18.9 Å². The molecule has 3 aliphatic rings. The third-order valence-corrected chi connectivity index (χ3v) is 9.08. The fourth-order valence-electron chi connectivity index (χ4n) is 6.49. The topological polar surface area (TPSA) is 119 Å². The van der Waals surface area contributed by atoms with Gasteiger partial charge in [-0.15, -0.1) is 0 Å². The summed E-state index contributed by atoms with van der Waals surface area (Å²) in [5, 5.41) is 6.55. The summed E-state index contributed by atoms with van der Waals surface area (Å²) < 4.78 is 22.4. The number of nitrogens with zero attached hydrogens (tertiary/aromatic N) is 2. The molecule has 1 saturated heterocycles. The number of hydrogen-bond donors (Lipinski definition) is 2. The lowest BCUT2D eigenvalue weighted by Gasteiger charge is -2.34. The van der Waals surface area contributed by atoms with Crippen LogP contribution < -0.4 is 20.1 Å². The molecule has 0 bridgehead atoms. The predicted octanol–water partition coefficient (Wildman–Crippen LogP) is 3.85. The molecule has 4 rings (SSSR count). The average molecular weight is 617 g/mol.